The van der Waals surface area contributed by atoms with Crippen LogP contribution in [0.3, 0.4) is 0 Å². The van der Waals surface area contributed by atoms with Crippen LogP contribution in [0.15, 0.2) is 84.3 Å². The van der Waals surface area contributed by atoms with E-state index in [1.165, 1.54) is 6.33 Å². The molecule has 2 heterocycles. The van der Waals surface area contributed by atoms with E-state index in [-0.39, 0.29) is 31.1 Å². The Morgan fingerprint density at radius 3 is 2.42 bits per heavy atom. The number of aromatic nitrogens is 3. The molecule has 0 saturated carbocycles. The Morgan fingerprint density at radius 1 is 0.933 bits per heavy atom. The van der Waals surface area contributed by atoms with Gasteiger partial charge in [0.25, 0.3) is 0 Å². The molecule has 1 aliphatic rings. The molecule has 10 nitrogen and oxygen atoms in total. The molecule has 1 amide bonds. The van der Waals surface area contributed by atoms with Gasteiger partial charge in [-0.1, -0.05) is 91.0 Å². The van der Waals surface area contributed by atoms with Gasteiger partial charge in [-0.2, -0.15) is 5.10 Å². The van der Waals surface area contributed by atoms with E-state index in [2.05, 4.69) is 20.5 Å². The minimum absolute atomic E-state index is 0.00792. The zero-order chi connectivity index (χ0) is 31.4. The summed E-state index contributed by atoms with van der Waals surface area (Å²) in [5.74, 6) is -0.169. The molecule has 1 aromatic heterocycles. The maximum atomic E-state index is 12.4. The first-order valence-corrected chi connectivity index (χ1v) is 16.1. The van der Waals surface area contributed by atoms with E-state index < -0.39 is 12.3 Å². The molecular formula is C34H38N4O6S. The third kappa shape index (κ3) is 9.48. The number of hydrogen-bond acceptors (Lipinski definition) is 8. The molecule has 0 aliphatic carbocycles. The number of aliphatic hydroxyl groups excluding tert-OH is 1. The number of nitrogens with zero attached hydrogens (tertiary/aromatic N) is 2. The molecule has 1 saturated heterocycles. The van der Waals surface area contributed by atoms with Gasteiger partial charge < -0.3 is 25.0 Å². The molecule has 45 heavy (non-hydrogen) atoms. The van der Waals surface area contributed by atoms with Gasteiger partial charge in [-0.15, -0.1) is 0 Å². The lowest BCUT2D eigenvalue weighted by Crippen LogP contribution is -2.31. The molecule has 3 aromatic carbocycles. The van der Waals surface area contributed by atoms with Crippen LogP contribution in [0.25, 0.3) is 11.1 Å². The number of nitrogens with one attached hydrogen (secondary N) is 2. The summed E-state index contributed by atoms with van der Waals surface area (Å²) in [5, 5.41) is 28.8. The second kappa shape index (κ2) is 16.3. The summed E-state index contributed by atoms with van der Waals surface area (Å²) in [6, 6.07) is 23.9. The number of aromatic amines is 1. The summed E-state index contributed by atoms with van der Waals surface area (Å²) in [5.41, 5.74) is 5.83. The van der Waals surface area contributed by atoms with Gasteiger partial charge in [0.15, 0.2) is 11.4 Å². The van der Waals surface area contributed by atoms with Crippen LogP contribution in [-0.4, -0.2) is 49.1 Å². The van der Waals surface area contributed by atoms with E-state index in [0.717, 1.165) is 45.0 Å². The van der Waals surface area contributed by atoms with Crippen molar-refractivity contribution >= 4 is 23.6 Å². The number of carboxylic acids is 1. The Kier molecular flexibility index (Phi) is 11.7. The summed E-state index contributed by atoms with van der Waals surface area (Å²) in [7, 11) is 0. The highest BCUT2D eigenvalue weighted by molar-refractivity contribution is 7.99. The molecule has 0 spiro atoms. The zero-order valence-corrected chi connectivity index (χ0v) is 25.7. The first-order chi connectivity index (χ1) is 22.0. The predicted octanol–water partition coefficient (Wildman–Crippen LogP) is 5.95. The number of aliphatic hydroxyl groups is 1. The van der Waals surface area contributed by atoms with Gasteiger partial charge in [0.1, 0.15) is 6.33 Å². The summed E-state index contributed by atoms with van der Waals surface area (Å²) in [4.78, 5) is 27.3. The fraction of sp³-hybridized carbons (Fsp3) is 0.353. The molecule has 0 radical (unpaired) electrons. The largest absolute Gasteiger partial charge is 0.481 e. The number of H-pyrrole nitrogens is 1. The highest BCUT2D eigenvalue weighted by Crippen LogP contribution is 2.39. The third-order valence-electron chi connectivity index (χ3n) is 7.70. The number of carboxylic acid groups (broad SMARTS) is 1. The summed E-state index contributed by atoms with van der Waals surface area (Å²) in [6.07, 6.45) is 3.80. The van der Waals surface area contributed by atoms with Gasteiger partial charge in [-0.3, -0.25) is 14.7 Å². The van der Waals surface area contributed by atoms with Crippen LogP contribution in [0.1, 0.15) is 73.2 Å². The Hall–Kier alpha value is -4.03. The molecule has 236 valence electrons. The number of carbonyl (C=O) groups is 2. The molecule has 1 fully saturated rings. The lowest BCUT2D eigenvalue weighted by Gasteiger charge is -2.36. The van der Waals surface area contributed by atoms with Crippen LogP contribution in [0.4, 0.5) is 0 Å². The van der Waals surface area contributed by atoms with Crippen LogP contribution in [0, 0.1) is 0 Å². The Balaban J connectivity index is 1.24. The van der Waals surface area contributed by atoms with Crippen LogP contribution in [-0.2, 0) is 32.2 Å². The van der Waals surface area contributed by atoms with E-state index in [1.807, 2.05) is 72.8 Å². The van der Waals surface area contributed by atoms with Gasteiger partial charge >= 0.3 is 5.97 Å². The van der Waals surface area contributed by atoms with Crippen molar-refractivity contribution in [2.75, 3.05) is 5.75 Å². The van der Waals surface area contributed by atoms with Crippen LogP contribution in [0.2, 0.25) is 0 Å². The van der Waals surface area contributed by atoms with Crippen molar-refractivity contribution in [2.45, 2.75) is 75.3 Å². The van der Waals surface area contributed by atoms with Gasteiger partial charge in [0, 0.05) is 37.1 Å². The average Bonchev–Trinajstić information content (AvgIpc) is 3.60. The second-order valence-electron chi connectivity index (χ2n) is 11.0. The number of benzene rings is 3. The van der Waals surface area contributed by atoms with Crippen LogP contribution in [0.5, 0.6) is 0 Å². The van der Waals surface area contributed by atoms with E-state index in [0.29, 0.717) is 38.0 Å². The minimum atomic E-state index is -0.806. The number of carbonyl (C=O) groups excluding carboxylic acids is 1. The Morgan fingerprint density at radius 2 is 1.69 bits per heavy atom. The van der Waals surface area contributed by atoms with E-state index in [4.69, 9.17) is 14.6 Å². The van der Waals surface area contributed by atoms with Crippen molar-refractivity contribution in [2.24, 2.45) is 0 Å². The SMILES string of the molecule is O=C(O)CCCCCC(=O)NCc1ccccc1-c1ccc(C2OC(CSc3ncn[nH]3)CC(c3ccc(CO)cc3)O2)cc1. The fourth-order valence-corrected chi connectivity index (χ4v) is 6.05. The van der Waals surface area contributed by atoms with Crippen LogP contribution >= 0.6 is 11.8 Å². The number of amides is 1. The third-order valence-corrected chi connectivity index (χ3v) is 8.70. The smallest absolute Gasteiger partial charge is 0.303 e. The summed E-state index contributed by atoms with van der Waals surface area (Å²) >= 11 is 1.56. The number of aliphatic carboxylic acids is 1. The molecule has 3 atom stereocenters. The average molecular weight is 631 g/mol. The summed E-state index contributed by atoms with van der Waals surface area (Å²) in [6.45, 7) is 0.397. The minimum Gasteiger partial charge on any atom is -0.481 e. The van der Waals surface area contributed by atoms with Gasteiger partial charge in [0.2, 0.25) is 5.91 Å². The number of ether oxygens (including phenoxy) is 2. The van der Waals surface area contributed by atoms with Crippen molar-refractivity contribution in [3.05, 3.63) is 101 Å². The number of unbranched alkanes of at least 4 members (excludes halogenated alkanes) is 2. The number of hydrogen-bond donors (Lipinski definition) is 4. The first-order valence-electron chi connectivity index (χ1n) is 15.1. The Labute approximate surface area is 266 Å². The molecule has 4 aromatic rings. The highest BCUT2D eigenvalue weighted by Gasteiger charge is 2.32. The molecule has 11 heteroatoms. The Bertz CT molecular complexity index is 1510. The van der Waals surface area contributed by atoms with Gasteiger partial charge in [0.05, 0.1) is 18.8 Å². The van der Waals surface area contributed by atoms with Crippen LogP contribution < -0.4 is 5.32 Å². The molecule has 0 bridgehead atoms. The molecule has 3 unspecified atom stereocenters. The fourth-order valence-electron chi connectivity index (χ4n) is 5.26. The lowest BCUT2D eigenvalue weighted by molar-refractivity contribution is -0.245. The second-order valence-corrected chi connectivity index (χ2v) is 12.0. The monoisotopic (exact) mass is 630 g/mol. The van der Waals surface area contributed by atoms with Crippen molar-refractivity contribution in [3.63, 3.8) is 0 Å². The molecular weight excluding hydrogens is 592 g/mol. The molecule has 1 aliphatic heterocycles. The van der Waals surface area contributed by atoms with Crippen molar-refractivity contribution in [1.82, 2.24) is 20.5 Å². The number of thioether (sulfide) groups is 1. The van der Waals surface area contributed by atoms with Gasteiger partial charge in [-0.05, 0) is 40.7 Å². The lowest BCUT2D eigenvalue weighted by atomic mass is 9.97. The number of rotatable bonds is 15. The summed E-state index contributed by atoms with van der Waals surface area (Å²) < 4.78 is 12.9. The standard InChI is InChI=1S/C34H38N4O6S/c39-20-23-10-12-25(13-11-23)30-18-28(21-45-34-36-22-37-38-34)43-33(44-30)26-16-14-24(15-17-26)29-7-5-4-6-27(29)19-35-31(40)8-2-1-3-9-32(41)42/h4-7,10-17,22,28,30,33,39H,1-3,8-9,18-21H2,(H,35,40)(H,41,42)(H,36,37,38). The van der Waals surface area contributed by atoms with Crippen molar-refractivity contribution < 1.29 is 29.3 Å². The first kappa shape index (κ1) is 32.4. The zero-order valence-electron chi connectivity index (χ0n) is 24.9. The normalized spacial score (nSPS) is 18.0. The van der Waals surface area contributed by atoms with E-state index >= 15 is 0 Å². The van der Waals surface area contributed by atoms with Crippen molar-refractivity contribution in [3.8, 4) is 11.1 Å². The van der Waals surface area contributed by atoms with E-state index in [9.17, 15) is 14.7 Å². The van der Waals surface area contributed by atoms with Crippen molar-refractivity contribution in [1.29, 1.82) is 0 Å². The van der Waals surface area contributed by atoms with Gasteiger partial charge in [-0.25, -0.2) is 4.98 Å². The highest BCUT2D eigenvalue weighted by atomic mass is 32.2. The van der Waals surface area contributed by atoms with E-state index in [1.54, 1.807) is 11.8 Å². The maximum Gasteiger partial charge on any atom is 0.303 e. The molecule has 5 rings (SSSR count). The molecule has 4 N–H and O–H groups in total. The predicted molar refractivity (Wildman–Crippen MR) is 170 cm³/mol. The quantitative estimate of drug-likeness (QED) is 0.0924. The topological polar surface area (TPSA) is 147 Å². The maximum absolute atomic E-state index is 12.4.